The molecule has 0 spiro atoms. The molecule has 4 heteroatoms. The third-order valence-electron chi connectivity index (χ3n) is 2.33. The molecule has 3 N–H and O–H groups in total. The van der Waals surface area contributed by atoms with Gasteiger partial charge in [0.05, 0.1) is 4.99 Å². The van der Waals surface area contributed by atoms with Crippen molar-refractivity contribution in [1.82, 2.24) is 5.43 Å². The molecule has 0 bridgehead atoms. The molecule has 0 unspecified atom stereocenters. The molecule has 0 saturated heterocycles. The van der Waals surface area contributed by atoms with Gasteiger partial charge in [-0.3, -0.25) is 5.43 Å². The van der Waals surface area contributed by atoms with Crippen molar-refractivity contribution < 1.29 is 0 Å². The largest absolute Gasteiger partial charge is 0.405 e. The summed E-state index contributed by atoms with van der Waals surface area (Å²) < 4.78 is 0. The summed E-state index contributed by atoms with van der Waals surface area (Å²) in [5.74, 6) is 0. The predicted octanol–water partition coefficient (Wildman–Crippen LogP) is 2.94. The highest BCUT2D eigenvalue weighted by Crippen LogP contribution is 2.04. The van der Waals surface area contributed by atoms with Crippen LogP contribution in [0.5, 0.6) is 0 Å². The van der Waals surface area contributed by atoms with Gasteiger partial charge in [-0.1, -0.05) is 54.7 Å². The highest BCUT2D eigenvalue weighted by molar-refractivity contribution is 7.80. The van der Waals surface area contributed by atoms with Crippen LogP contribution in [0.2, 0.25) is 0 Å². The maximum absolute atomic E-state index is 5.28. The summed E-state index contributed by atoms with van der Waals surface area (Å²) in [4.78, 5) is 0.663. The second kappa shape index (κ2) is 9.05. The minimum Gasteiger partial charge on any atom is -0.405 e. The molecule has 0 fully saturated rings. The Hall–Kier alpha value is -1.94. The fraction of sp³-hybridized carbons (Fsp3) is 0.200. The van der Waals surface area contributed by atoms with E-state index in [0.717, 1.165) is 18.6 Å². The predicted molar refractivity (Wildman–Crippen MR) is 86.1 cm³/mol. The molecule has 0 aromatic heterocycles. The Balaban J connectivity index is 2.69. The first-order valence-electron chi connectivity index (χ1n) is 6.11. The number of hydrazone groups is 1. The van der Waals surface area contributed by atoms with Crippen LogP contribution < -0.4 is 11.2 Å². The molecule has 3 nitrogen and oxygen atoms in total. The summed E-state index contributed by atoms with van der Waals surface area (Å²) in [5, 5.41) is 4.34. The Bertz CT molecular complexity index is 475. The quantitative estimate of drug-likeness (QED) is 0.362. The van der Waals surface area contributed by atoms with Crippen molar-refractivity contribution >= 4 is 22.9 Å². The van der Waals surface area contributed by atoms with Gasteiger partial charge in [0.25, 0.3) is 0 Å². The summed E-state index contributed by atoms with van der Waals surface area (Å²) in [7, 11) is 0. The zero-order valence-electron chi connectivity index (χ0n) is 11.0. The summed E-state index contributed by atoms with van der Waals surface area (Å²) in [6, 6.07) is 10.2. The average molecular weight is 273 g/mol. The zero-order valence-corrected chi connectivity index (χ0v) is 11.9. The van der Waals surface area contributed by atoms with Crippen LogP contribution in [-0.4, -0.2) is 10.7 Å². The maximum Gasteiger partial charge on any atom is 0.0930 e. The Morgan fingerprint density at radius 1 is 1.32 bits per heavy atom. The van der Waals surface area contributed by atoms with Crippen molar-refractivity contribution in [2.75, 3.05) is 0 Å². The third kappa shape index (κ3) is 7.16. The normalized spacial score (nSPS) is 12.2. The lowest BCUT2D eigenvalue weighted by Gasteiger charge is -2.05. The van der Waals surface area contributed by atoms with E-state index < -0.39 is 0 Å². The first-order chi connectivity index (χ1) is 9.22. The van der Waals surface area contributed by atoms with E-state index in [1.807, 2.05) is 37.3 Å². The smallest absolute Gasteiger partial charge is 0.0930 e. The lowest BCUT2D eigenvalue weighted by atomic mass is 10.1. The van der Waals surface area contributed by atoms with Crippen LogP contribution in [0.3, 0.4) is 0 Å². The second-order valence-electron chi connectivity index (χ2n) is 4.03. The molecule has 1 aromatic rings. The topological polar surface area (TPSA) is 50.4 Å². The van der Waals surface area contributed by atoms with Crippen LogP contribution in [-0.2, 0) is 6.42 Å². The van der Waals surface area contributed by atoms with E-state index in [9.17, 15) is 0 Å². The van der Waals surface area contributed by atoms with Gasteiger partial charge < -0.3 is 5.73 Å². The van der Waals surface area contributed by atoms with Crippen LogP contribution in [0.15, 0.2) is 59.9 Å². The van der Waals surface area contributed by atoms with E-state index in [4.69, 9.17) is 18.0 Å². The number of allylic oxidation sites excluding steroid dienone is 3. The fourth-order valence-electron chi connectivity index (χ4n) is 1.49. The monoisotopic (exact) mass is 273 g/mol. The number of nitrogens with two attached hydrogens (primary N) is 1. The van der Waals surface area contributed by atoms with Gasteiger partial charge >= 0.3 is 0 Å². The Kier molecular flexibility index (Phi) is 7.20. The van der Waals surface area contributed by atoms with Crippen LogP contribution in [0.1, 0.15) is 18.9 Å². The minimum absolute atomic E-state index is 0.663. The number of hydrogen-bond acceptors (Lipinski definition) is 3. The molecule has 0 aliphatic carbocycles. The number of rotatable bonds is 6. The number of thiocarbonyl (C=S) groups is 1. The van der Waals surface area contributed by atoms with E-state index in [1.165, 1.54) is 11.8 Å². The van der Waals surface area contributed by atoms with Gasteiger partial charge in [0.1, 0.15) is 0 Å². The zero-order chi connectivity index (χ0) is 13.9. The van der Waals surface area contributed by atoms with Crippen molar-refractivity contribution in [2.24, 2.45) is 10.8 Å². The van der Waals surface area contributed by atoms with Crippen molar-refractivity contribution in [1.29, 1.82) is 0 Å². The first-order valence-corrected chi connectivity index (χ1v) is 6.52. The molecular formula is C15H19N3S. The van der Waals surface area contributed by atoms with E-state index in [0.29, 0.717) is 4.99 Å². The highest BCUT2D eigenvalue weighted by atomic mass is 32.1. The minimum atomic E-state index is 0.663. The van der Waals surface area contributed by atoms with Crippen LogP contribution >= 0.6 is 12.2 Å². The van der Waals surface area contributed by atoms with Gasteiger partial charge in [0.15, 0.2) is 0 Å². The lowest BCUT2D eigenvalue weighted by molar-refractivity contribution is 1.01. The average Bonchev–Trinajstić information content (AvgIpc) is 2.41. The first kappa shape index (κ1) is 15.1. The summed E-state index contributed by atoms with van der Waals surface area (Å²) in [5.41, 5.74) is 10.4. The van der Waals surface area contributed by atoms with Gasteiger partial charge in [-0.2, -0.15) is 5.10 Å². The number of hydrogen-bond donors (Lipinski definition) is 2. The molecule has 0 radical (unpaired) electrons. The molecule has 1 aromatic carbocycles. The van der Waals surface area contributed by atoms with Crippen molar-refractivity contribution in [2.45, 2.75) is 19.8 Å². The molecular weight excluding hydrogens is 254 g/mol. The summed E-state index contributed by atoms with van der Waals surface area (Å²) in [6.07, 6.45) is 8.78. The molecule has 0 atom stereocenters. The molecule has 0 aliphatic rings. The van der Waals surface area contributed by atoms with Crippen molar-refractivity contribution in [3.8, 4) is 0 Å². The van der Waals surface area contributed by atoms with Crippen LogP contribution in [0.25, 0.3) is 0 Å². The second-order valence-corrected chi connectivity index (χ2v) is 4.64. The maximum atomic E-state index is 5.28. The van der Waals surface area contributed by atoms with Gasteiger partial charge in [-0.25, -0.2) is 0 Å². The standard InChI is InChI=1S/C15H19N3S/c1-13(19)17-18-15(10-6-3-7-11-16)12-14-8-4-2-5-9-14/h2-9,11H,10,12,16H2,1H3,(H,17,19)/b6-3-,11-7-,18-15-. The molecule has 100 valence electrons. The van der Waals surface area contributed by atoms with E-state index in [1.54, 1.807) is 6.08 Å². The molecule has 0 aliphatic heterocycles. The summed E-state index contributed by atoms with van der Waals surface area (Å²) >= 11 is 4.97. The van der Waals surface area contributed by atoms with Crippen LogP contribution in [0, 0.1) is 0 Å². The number of nitrogens with one attached hydrogen (secondary N) is 1. The Morgan fingerprint density at radius 2 is 2.05 bits per heavy atom. The third-order valence-corrected chi connectivity index (χ3v) is 2.43. The van der Waals surface area contributed by atoms with Crippen molar-refractivity contribution in [3.05, 3.63) is 60.3 Å². The number of benzene rings is 1. The lowest BCUT2D eigenvalue weighted by Crippen LogP contribution is -2.15. The van der Waals surface area contributed by atoms with Gasteiger partial charge in [0, 0.05) is 18.6 Å². The van der Waals surface area contributed by atoms with E-state index >= 15 is 0 Å². The summed E-state index contributed by atoms with van der Waals surface area (Å²) in [6.45, 7) is 1.81. The van der Waals surface area contributed by atoms with Gasteiger partial charge in [-0.05, 0) is 24.8 Å². The molecule has 19 heavy (non-hydrogen) atoms. The van der Waals surface area contributed by atoms with E-state index in [-0.39, 0.29) is 0 Å². The SMILES string of the molecule is CC(=S)N/N=C(/C/C=C\C=C/N)Cc1ccccc1. The van der Waals surface area contributed by atoms with Crippen molar-refractivity contribution in [3.63, 3.8) is 0 Å². The molecule has 0 heterocycles. The highest BCUT2D eigenvalue weighted by Gasteiger charge is 2.00. The van der Waals surface area contributed by atoms with Gasteiger partial charge in [-0.15, -0.1) is 0 Å². The number of nitrogens with zero attached hydrogens (tertiary/aromatic N) is 1. The Morgan fingerprint density at radius 3 is 2.68 bits per heavy atom. The fourth-order valence-corrected chi connectivity index (χ4v) is 1.54. The Labute approximate surface area is 119 Å². The molecule has 1 rings (SSSR count). The molecule has 0 saturated carbocycles. The van der Waals surface area contributed by atoms with Gasteiger partial charge in [0.2, 0.25) is 0 Å². The van der Waals surface area contributed by atoms with Crippen LogP contribution in [0.4, 0.5) is 0 Å². The van der Waals surface area contributed by atoms with E-state index in [2.05, 4.69) is 22.7 Å². The molecule has 0 amide bonds.